The van der Waals surface area contributed by atoms with Gasteiger partial charge in [0.1, 0.15) is 29.7 Å². The van der Waals surface area contributed by atoms with Crippen LogP contribution in [0.1, 0.15) is 30.0 Å². The molecular formula is C21H18ClF5N4O4. The van der Waals surface area contributed by atoms with Crippen LogP contribution in [-0.4, -0.2) is 37.6 Å². The predicted octanol–water partition coefficient (Wildman–Crippen LogP) is 4.06. The maximum atomic E-state index is 15.0. The van der Waals surface area contributed by atoms with E-state index in [0.717, 1.165) is 10.6 Å². The molecule has 0 spiro atoms. The molecule has 0 saturated heterocycles. The molecule has 2 aromatic carbocycles. The van der Waals surface area contributed by atoms with Crippen molar-refractivity contribution in [2.75, 3.05) is 5.32 Å². The van der Waals surface area contributed by atoms with Crippen molar-refractivity contribution >= 4 is 23.2 Å². The number of para-hydroxylation sites is 1. The van der Waals surface area contributed by atoms with Gasteiger partial charge in [0.15, 0.2) is 11.9 Å². The molecule has 2 N–H and O–H groups in total. The summed E-state index contributed by atoms with van der Waals surface area (Å²) in [7, 11) is 0. The second-order valence-electron chi connectivity index (χ2n) is 7.17. The fourth-order valence-corrected chi connectivity index (χ4v) is 3.27. The highest BCUT2D eigenvalue weighted by Gasteiger charge is 2.39. The first-order chi connectivity index (χ1) is 16.4. The molecule has 0 fully saturated rings. The zero-order valence-corrected chi connectivity index (χ0v) is 18.9. The van der Waals surface area contributed by atoms with E-state index in [4.69, 9.17) is 16.3 Å². The number of carbonyl (C=O) groups excluding carboxylic acids is 1. The first-order valence-corrected chi connectivity index (χ1v) is 10.4. The molecule has 1 aromatic heterocycles. The Morgan fingerprint density at radius 1 is 1.26 bits per heavy atom. The second-order valence-corrected chi connectivity index (χ2v) is 7.57. The zero-order chi connectivity index (χ0) is 26.1. The van der Waals surface area contributed by atoms with Crippen molar-refractivity contribution in [3.05, 3.63) is 68.9 Å². The smallest absolute Gasteiger partial charge is 0.425 e. The van der Waals surface area contributed by atoms with Gasteiger partial charge in [0.2, 0.25) is 0 Å². The number of alkyl halides is 3. The molecule has 0 bridgehead atoms. The highest BCUT2D eigenvalue weighted by molar-refractivity contribution is 6.34. The van der Waals surface area contributed by atoms with Crippen LogP contribution in [0.3, 0.4) is 0 Å². The monoisotopic (exact) mass is 520 g/mol. The van der Waals surface area contributed by atoms with Gasteiger partial charge >= 0.3 is 11.9 Å². The van der Waals surface area contributed by atoms with E-state index in [2.05, 4.69) is 10.4 Å². The number of benzene rings is 2. The lowest BCUT2D eigenvalue weighted by atomic mass is 10.1. The number of aliphatic hydroxyl groups excluding tert-OH is 1. The van der Waals surface area contributed by atoms with Gasteiger partial charge in [-0.05, 0) is 32.0 Å². The number of aromatic nitrogens is 3. The third kappa shape index (κ3) is 5.30. The predicted molar refractivity (Wildman–Crippen MR) is 115 cm³/mol. The molecule has 35 heavy (non-hydrogen) atoms. The number of nitrogens with one attached hydrogen (secondary N) is 1. The highest BCUT2D eigenvalue weighted by atomic mass is 35.5. The van der Waals surface area contributed by atoms with Crippen LogP contribution in [0.5, 0.6) is 5.75 Å². The Kier molecular flexibility index (Phi) is 7.50. The van der Waals surface area contributed by atoms with Gasteiger partial charge in [-0.15, -0.1) is 5.10 Å². The molecule has 1 heterocycles. The minimum Gasteiger partial charge on any atom is -0.480 e. The molecular weight excluding hydrogens is 503 g/mol. The molecule has 8 nitrogen and oxygen atoms in total. The summed E-state index contributed by atoms with van der Waals surface area (Å²) in [6.45, 7) is 1.61. The lowest BCUT2D eigenvalue weighted by Gasteiger charge is -2.20. The second kappa shape index (κ2) is 10.0. The van der Waals surface area contributed by atoms with Crippen molar-refractivity contribution in [3.8, 4) is 11.4 Å². The average molecular weight is 521 g/mol. The van der Waals surface area contributed by atoms with Gasteiger partial charge in [0.25, 0.3) is 5.91 Å². The van der Waals surface area contributed by atoms with Gasteiger partial charge in [-0.25, -0.2) is 13.6 Å². The van der Waals surface area contributed by atoms with E-state index >= 15 is 4.39 Å². The number of carbonyl (C=O) groups is 1. The summed E-state index contributed by atoms with van der Waals surface area (Å²) >= 11 is 5.87. The van der Waals surface area contributed by atoms with E-state index in [1.807, 2.05) is 0 Å². The standard InChI is InChI=1S/C21H18ClF5N4O4/c1-3-30-17(9-32)29-31(20(30)34)15-8-16(35-10(2)21(25,26)27)11(7-14(15)24)19(33)28-18-12(22)5-4-6-13(18)23/h4-8,10,32H,3,9H2,1-2H3,(H,28,33)/t10-/m0/s1. The molecule has 0 radical (unpaired) electrons. The molecule has 188 valence electrons. The minimum atomic E-state index is -4.86. The van der Waals surface area contributed by atoms with Crippen LogP contribution in [0.25, 0.3) is 5.69 Å². The molecule has 0 unspecified atom stereocenters. The van der Waals surface area contributed by atoms with E-state index < -0.39 is 64.8 Å². The maximum Gasteiger partial charge on any atom is 0.425 e. The third-order valence-corrected chi connectivity index (χ3v) is 5.20. The lowest BCUT2D eigenvalue weighted by molar-refractivity contribution is -0.189. The molecule has 3 aromatic rings. The number of hydrogen-bond acceptors (Lipinski definition) is 5. The number of amides is 1. The van der Waals surface area contributed by atoms with E-state index in [9.17, 15) is 32.3 Å². The van der Waals surface area contributed by atoms with E-state index in [0.29, 0.717) is 23.7 Å². The molecule has 1 atom stereocenters. The van der Waals surface area contributed by atoms with Crippen LogP contribution >= 0.6 is 11.6 Å². The molecule has 0 aliphatic rings. The van der Waals surface area contributed by atoms with Crippen LogP contribution < -0.4 is 15.7 Å². The number of nitrogens with zero attached hydrogens (tertiary/aromatic N) is 3. The highest BCUT2D eigenvalue weighted by Crippen LogP contribution is 2.32. The topological polar surface area (TPSA) is 98.4 Å². The van der Waals surface area contributed by atoms with E-state index in [1.165, 1.54) is 12.1 Å². The summed E-state index contributed by atoms with van der Waals surface area (Å²) in [4.78, 5) is 25.4. The molecule has 0 saturated carbocycles. The first-order valence-electron chi connectivity index (χ1n) is 10.0. The van der Waals surface area contributed by atoms with Gasteiger partial charge in [-0.2, -0.15) is 17.9 Å². The quantitative estimate of drug-likeness (QED) is 0.458. The summed E-state index contributed by atoms with van der Waals surface area (Å²) < 4.78 is 75.1. The van der Waals surface area contributed by atoms with E-state index in [1.54, 1.807) is 6.92 Å². The Balaban J connectivity index is 2.16. The Labute approximate surface area is 199 Å². The number of aliphatic hydroxyl groups is 1. The third-order valence-electron chi connectivity index (χ3n) is 4.88. The number of hydrogen-bond donors (Lipinski definition) is 2. The summed E-state index contributed by atoms with van der Waals surface area (Å²) in [5.74, 6) is -4.29. The van der Waals surface area contributed by atoms with Crippen molar-refractivity contribution in [1.29, 1.82) is 0 Å². The number of halogens is 6. The summed E-state index contributed by atoms with van der Waals surface area (Å²) in [5, 5.41) is 15.1. The average Bonchev–Trinajstić information content (AvgIpc) is 3.11. The number of anilines is 1. The Hall–Kier alpha value is -3.45. The lowest BCUT2D eigenvalue weighted by Crippen LogP contribution is -2.32. The molecule has 0 aliphatic carbocycles. The normalized spacial score (nSPS) is 12.5. The minimum absolute atomic E-state index is 0.0642. The van der Waals surface area contributed by atoms with Gasteiger partial charge in [0, 0.05) is 12.6 Å². The zero-order valence-electron chi connectivity index (χ0n) is 18.2. The van der Waals surface area contributed by atoms with Crippen LogP contribution in [0, 0.1) is 11.6 Å². The van der Waals surface area contributed by atoms with Crippen molar-refractivity contribution in [2.45, 2.75) is 39.3 Å². The van der Waals surface area contributed by atoms with Crippen molar-refractivity contribution in [1.82, 2.24) is 14.3 Å². The number of ether oxygens (including phenoxy) is 1. The van der Waals surface area contributed by atoms with Crippen LogP contribution in [-0.2, 0) is 13.2 Å². The van der Waals surface area contributed by atoms with Gasteiger partial charge in [-0.3, -0.25) is 9.36 Å². The van der Waals surface area contributed by atoms with Crippen LogP contribution in [0.4, 0.5) is 27.6 Å². The maximum absolute atomic E-state index is 15.0. The Morgan fingerprint density at radius 2 is 1.94 bits per heavy atom. The van der Waals surface area contributed by atoms with Crippen LogP contribution in [0.15, 0.2) is 35.1 Å². The first kappa shape index (κ1) is 26.2. The van der Waals surface area contributed by atoms with Gasteiger partial charge in [0.05, 0.1) is 16.3 Å². The summed E-state index contributed by atoms with van der Waals surface area (Å²) in [5.41, 5.74) is -2.74. The molecule has 0 aliphatic heterocycles. The van der Waals surface area contributed by atoms with Crippen molar-refractivity contribution in [3.63, 3.8) is 0 Å². The van der Waals surface area contributed by atoms with Crippen molar-refractivity contribution in [2.24, 2.45) is 0 Å². The Bertz CT molecular complexity index is 1300. The molecule has 3 rings (SSSR count). The van der Waals surface area contributed by atoms with E-state index in [-0.39, 0.29) is 17.4 Å². The fraction of sp³-hybridized carbons (Fsp3) is 0.286. The molecule has 14 heteroatoms. The fourth-order valence-electron chi connectivity index (χ4n) is 3.06. The van der Waals surface area contributed by atoms with Gasteiger partial charge in [-0.1, -0.05) is 17.7 Å². The SMILES string of the molecule is CCn1c(CO)nn(-c2cc(O[C@@H](C)C(F)(F)F)c(C(=O)Nc3c(F)cccc3Cl)cc2F)c1=O. The van der Waals surface area contributed by atoms with Crippen molar-refractivity contribution < 1.29 is 36.6 Å². The largest absolute Gasteiger partial charge is 0.480 e. The van der Waals surface area contributed by atoms with Crippen LogP contribution in [0.2, 0.25) is 5.02 Å². The van der Waals surface area contributed by atoms with Gasteiger partial charge < -0.3 is 15.2 Å². The molecule has 1 amide bonds. The summed E-state index contributed by atoms with van der Waals surface area (Å²) in [6, 6.07) is 4.69. The summed E-state index contributed by atoms with van der Waals surface area (Å²) in [6.07, 6.45) is -7.30. The Morgan fingerprint density at radius 3 is 2.49 bits per heavy atom. The number of rotatable bonds is 7.